The molecule has 0 bridgehead atoms. The van der Waals surface area contributed by atoms with E-state index in [0.29, 0.717) is 0 Å². The molecule has 1 heterocycles. The first-order valence-corrected chi connectivity index (χ1v) is 6.97. The summed E-state index contributed by atoms with van der Waals surface area (Å²) >= 11 is 0. The lowest BCUT2D eigenvalue weighted by atomic mass is 9.85. The van der Waals surface area contributed by atoms with Gasteiger partial charge in [0.25, 0.3) is 0 Å². The summed E-state index contributed by atoms with van der Waals surface area (Å²) in [5, 5.41) is 0. The first kappa shape index (κ1) is 14.1. The highest BCUT2D eigenvalue weighted by Gasteiger charge is 2.27. The number of piperazine rings is 1. The Morgan fingerprint density at radius 3 is 2.21 bits per heavy atom. The number of carbonyl (C=O) groups is 1. The van der Waals surface area contributed by atoms with Gasteiger partial charge in [-0.05, 0) is 19.2 Å². The summed E-state index contributed by atoms with van der Waals surface area (Å²) in [5.41, 5.74) is 1.62. The molecule has 0 atom stereocenters. The van der Waals surface area contributed by atoms with Crippen molar-refractivity contribution in [3.63, 3.8) is 0 Å². The van der Waals surface area contributed by atoms with Gasteiger partial charge in [-0.15, -0.1) is 0 Å². The van der Waals surface area contributed by atoms with E-state index in [0.717, 1.165) is 37.4 Å². The smallest absolute Gasteiger partial charge is 0.170 e. The molecule has 104 valence electrons. The Morgan fingerprint density at radius 2 is 1.63 bits per heavy atom. The molecule has 0 N–H and O–H groups in total. The minimum absolute atomic E-state index is 0.224. The number of ketones is 1. The van der Waals surface area contributed by atoms with Crippen molar-refractivity contribution in [1.82, 2.24) is 4.90 Å². The van der Waals surface area contributed by atoms with Crippen LogP contribution in [0.1, 0.15) is 31.1 Å². The SMILES string of the molecule is CN1CCN(c2ccccc2C(=O)C(C)(C)C)CC1. The van der Waals surface area contributed by atoms with E-state index in [2.05, 4.69) is 22.9 Å². The third-order valence-electron chi connectivity index (χ3n) is 3.67. The maximum absolute atomic E-state index is 12.6. The average molecular weight is 260 g/mol. The molecule has 0 aromatic heterocycles. The van der Waals surface area contributed by atoms with Crippen LogP contribution in [-0.2, 0) is 0 Å². The Bertz CT molecular complexity index is 454. The summed E-state index contributed by atoms with van der Waals surface area (Å²) in [6.45, 7) is 10.0. The molecule has 1 fully saturated rings. The van der Waals surface area contributed by atoms with Gasteiger partial charge in [-0.25, -0.2) is 0 Å². The molecular weight excluding hydrogens is 236 g/mol. The molecule has 0 radical (unpaired) electrons. The van der Waals surface area contributed by atoms with Crippen LogP contribution in [0, 0.1) is 5.41 Å². The second-order valence-corrected chi connectivity index (χ2v) is 6.39. The molecule has 1 aromatic carbocycles. The molecule has 1 saturated heterocycles. The molecular formula is C16H24N2O. The highest BCUT2D eigenvalue weighted by molar-refractivity contribution is 6.04. The normalized spacial score (nSPS) is 17.6. The minimum Gasteiger partial charge on any atom is -0.368 e. The highest BCUT2D eigenvalue weighted by atomic mass is 16.1. The number of likely N-dealkylation sites (N-methyl/N-ethyl adjacent to an activating group) is 1. The Kier molecular flexibility index (Phi) is 3.95. The second-order valence-electron chi connectivity index (χ2n) is 6.39. The number of anilines is 1. The van der Waals surface area contributed by atoms with Crippen LogP contribution in [0.15, 0.2) is 24.3 Å². The lowest BCUT2D eigenvalue weighted by Crippen LogP contribution is -2.45. The van der Waals surface area contributed by atoms with Crippen molar-refractivity contribution in [2.45, 2.75) is 20.8 Å². The van der Waals surface area contributed by atoms with E-state index in [1.54, 1.807) is 0 Å². The van der Waals surface area contributed by atoms with Crippen LogP contribution >= 0.6 is 0 Å². The molecule has 0 saturated carbocycles. The molecule has 0 amide bonds. The van der Waals surface area contributed by atoms with Gasteiger partial charge in [-0.1, -0.05) is 32.9 Å². The standard InChI is InChI=1S/C16H24N2O/c1-16(2,3)15(19)13-7-5-6-8-14(13)18-11-9-17(4)10-12-18/h5-8H,9-12H2,1-4H3. The topological polar surface area (TPSA) is 23.6 Å². The zero-order chi connectivity index (χ0) is 14.0. The van der Waals surface area contributed by atoms with Crippen LogP contribution in [0.25, 0.3) is 0 Å². The fourth-order valence-corrected chi connectivity index (χ4v) is 2.39. The Hall–Kier alpha value is -1.35. The summed E-state index contributed by atoms with van der Waals surface area (Å²) in [7, 11) is 2.14. The van der Waals surface area contributed by atoms with Crippen LogP contribution in [0.4, 0.5) is 5.69 Å². The number of hydrogen-bond donors (Lipinski definition) is 0. The van der Waals surface area contributed by atoms with Crippen LogP contribution in [0.2, 0.25) is 0 Å². The molecule has 0 unspecified atom stereocenters. The van der Waals surface area contributed by atoms with Gasteiger partial charge in [0.2, 0.25) is 0 Å². The van der Waals surface area contributed by atoms with Crippen molar-refractivity contribution in [3.05, 3.63) is 29.8 Å². The number of para-hydroxylation sites is 1. The summed E-state index contributed by atoms with van der Waals surface area (Å²) in [5.74, 6) is 0.224. The fourth-order valence-electron chi connectivity index (χ4n) is 2.39. The number of benzene rings is 1. The van der Waals surface area contributed by atoms with Crippen molar-refractivity contribution < 1.29 is 4.79 Å². The quantitative estimate of drug-likeness (QED) is 0.764. The monoisotopic (exact) mass is 260 g/mol. The molecule has 19 heavy (non-hydrogen) atoms. The van der Waals surface area contributed by atoms with E-state index in [4.69, 9.17) is 0 Å². The van der Waals surface area contributed by atoms with Gasteiger partial charge in [0, 0.05) is 42.8 Å². The lowest BCUT2D eigenvalue weighted by molar-refractivity contribution is 0.0858. The van der Waals surface area contributed by atoms with Crippen LogP contribution in [0.5, 0.6) is 0 Å². The number of nitrogens with zero attached hydrogens (tertiary/aromatic N) is 2. The van der Waals surface area contributed by atoms with Crippen LogP contribution in [-0.4, -0.2) is 43.9 Å². The molecule has 1 aromatic rings. The first-order chi connectivity index (χ1) is 8.89. The van der Waals surface area contributed by atoms with Crippen molar-refractivity contribution >= 4 is 11.5 Å². The number of carbonyl (C=O) groups excluding carboxylic acids is 1. The summed E-state index contributed by atoms with van der Waals surface area (Å²) < 4.78 is 0. The molecule has 3 heteroatoms. The van der Waals surface area contributed by atoms with Crippen LogP contribution < -0.4 is 4.90 Å². The molecule has 3 nitrogen and oxygen atoms in total. The van der Waals surface area contributed by atoms with Gasteiger partial charge >= 0.3 is 0 Å². The molecule has 1 aliphatic rings. The van der Waals surface area contributed by atoms with Crippen molar-refractivity contribution in [3.8, 4) is 0 Å². The van der Waals surface area contributed by atoms with Crippen molar-refractivity contribution in [2.24, 2.45) is 5.41 Å². The molecule has 1 aliphatic heterocycles. The van der Waals surface area contributed by atoms with Gasteiger partial charge in [0.1, 0.15) is 0 Å². The lowest BCUT2D eigenvalue weighted by Gasteiger charge is -2.35. The number of Topliss-reactive ketones (excluding diaryl/α,β-unsaturated/α-hetero) is 1. The maximum atomic E-state index is 12.6. The fraction of sp³-hybridized carbons (Fsp3) is 0.562. The van der Waals surface area contributed by atoms with Gasteiger partial charge < -0.3 is 9.80 Å². The minimum atomic E-state index is -0.331. The Morgan fingerprint density at radius 1 is 1.05 bits per heavy atom. The summed E-state index contributed by atoms with van der Waals surface area (Å²) in [6.07, 6.45) is 0. The maximum Gasteiger partial charge on any atom is 0.170 e. The predicted molar refractivity (Wildman–Crippen MR) is 79.9 cm³/mol. The van der Waals surface area contributed by atoms with E-state index in [9.17, 15) is 4.79 Å². The van der Waals surface area contributed by atoms with E-state index in [1.165, 1.54) is 0 Å². The van der Waals surface area contributed by atoms with E-state index >= 15 is 0 Å². The van der Waals surface area contributed by atoms with Gasteiger partial charge in [0.15, 0.2) is 5.78 Å². The Balaban J connectivity index is 2.29. The zero-order valence-corrected chi connectivity index (χ0v) is 12.4. The summed E-state index contributed by atoms with van der Waals surface area (Å²) in [4.78, 5) is 17.2. The van der Waals surface area contributed by atoms with Crippen molar-refractivity contribution in [2.75, 3.05) is 38.1 Å². The third-order valence-corrected chi connectivity index (χ3v) is 3.67. The molecule has 2 rings (SSSR count). The Labute approximate surface area is 116 Å². The largest absolute Gasteiger partial charge is 0.368 e. The third kappa shape index (κ3) is 3.16. The van der Waals surface area contributed by atoms with Gasteiger partial charge in [-0.2, -0.15) is 0 Å². The number of hydrogen-bond acceptors (Lipinski definition) is 3. The zero-order valence-electron chi connectivity index (χ0n) is 12.4. The first-order valence-electron chi connectivity index (χ1n) is 6.97. The highest BCUT2D eigenvalue weighted by Crippen LogP contribution is 2.28. The predicted octanol–water partition coefficient (Wildman–Crippen LogP) is 2.67. The molecule has 0 aliphatic carbocycles. The van der Waals surface area contributed by atoms with E-state index in [1.807, 2.05) is 39.0 Å². The summed E-state index contributed by atoms with van der Waals surface area (Å²) in [6, 6.07) is 8.01. The second kappa shape index (κ2) is 5.33. The van der Waals surface area contributed by atoms with E-state index in [-0.39, 0.29) is 11.2 Å². The average Bonchev–Trinajstić information content (AvgIpc) is 2.38. The van der Waals surface area contributed by atoms with Crippen LogP contribution in [0.3, 0.4) is 0 Å². The van der Waals surface area contributed by atoms with Crippen molar-refractivity contribution in [1.29, 1.82) is 0 Å². The van der Waals surface area contributed by atoms with Gasteiger partial charge in [-0.3, -0.25) is 4.79 Å². The number of rotatable bonds is 2. The van der Waals surface area contributed by atoms with E-state index < -0.39 is 0 Å². The van der Waals surface area contributed by atoms with Gasteiger partial charge in [0.05, 0.1) is 0 Å². The molecule has 0 spiro atoms.